The van der Waals surface area contributed by atoms with Crippen molar-refractivity contribution >= 4 is 5.78 Å². The fourth-order valence-corrected chi connectivity index (χ4v) is 3.31. The van der Waals surface area contributed by atoms with Gasteiger partial charge in [0.05, 0.1) is 5.41 Å². The molecule has 0 spiro atoms. The Labute approximate surface area is 127 Å². The summed E-state index contributed by atoms with van der Waals surface area (Å²) < 4.78 is 5.83. The molecule has 1 saturated carbocycles. The monoisotopic (exact) mass is 287 g/mol. The lowest BCUT2D eigenvalue weighted by Gasteiger charge is -2.26. The van der Waals surface area contributed by atoms with Crippen LogP contribution in [-0.4, -0.2) is 36.9 Å². The van der Waals surface area contributed by atoms with E-state index in [0.717, 1.165) is 37.3 Å². The second-order valence-electron chi connectivity index (χ2n) is 6.41. The van der Waals surface area contributed by atoms with Crippen molar-refractivity contribution in [1.29, 1.82) is 0 Å². The number of ketones is 1. The highest BCUT2D eigenvalue weighted by Crippen LogP contribution is 2.49. The van der Waals surface area contributed by atoms with Crippen LogP contribution < -0.4 is 4.74 Å². The standard InChI is InChI=1S/C18H25NO2/c1-15(20)18(9-10-18)16-5-7-17(8-6-16)21-14-13-19-11-3-2-4-12-19/h5-8H,2-4,9-14H2,1H3. The number of ether oxygens (including phenoxy) is 1. The number of nitrogens with zero attached hydrogens (tertiary/aromatic N) is 1. The number of piperidine rings is 1. The molecule has 1 aromatic carbocycles. The molecular formula is C18H25NO2. The van der Waals surface area contributed by atoms with Crippen molar-refractivity contribution in [1.82, 2.24) is 4.90 Å². The molecule has 0 radical (unpaired) electrons. The Bertz CT molecular complexity index is 484. The van der Waals surface area contributed by atoms with Crippen molar-refractivity contribution in [2.75, 3.05) is 26.2 Å². The summed E-state index contributed by atoms with van der Waals surface area (Å²) in [6.07, 6.45) is 6.01. The van der Waals surface area contributed by atoms with Crippen LogP contribution in [0.5, 0.6) is 5.75 Å². The molecule has 0 atom stereocenters. The topological polar surface area (TPSA) is 29.5 Å². The minimum Gasteiger partial charge on any atom is -0.492 e. The zero-order valence-corrected chi connectivity index (χ0v) is 12.9. The Kier molecular flexibility index (Phi) is 4.29. The summed E-state index contributed by atoms with van der Waals surface area (Å²) >= 11 is 0. The number of benzene rings is 1. The number of carbonyl (C=O) groups is 1. The fraction of sp³-hybridized carbons (Fsp3) is 0.611. The van der Waals surface area contributed by atoms with E-state index >= 15 is 0 Å². The van der Waals surface area contributed by atoms with Gasteiger partial charge in [-0.2, -0.15) is 0 Å². The summed E-state index contributed by atoms with van der Waals surface area (Å²) in [6, 6.07) is 8.14. The first-order valence-corrected chi connectivity index (χ1v) is 8.17. The van der Waals surface area contributed by atoms with E-state index in [1.54, 1.807) is 6.92 Å². The van der Waals surface area contributed by atoms with Gasteiger partial charge in [0, 0.05) is 6.54 Å². The summed E-state index contributed by atoms with van der Waals surface area (Å²) in [6.45, 7) is 5.89. The average Bonchev–Trinajstić information content (AvgIpc) is 3.31. The molecule has 2 aliphatic rings. The van der Waals surface area contributed by atoms with Crippen LogP contribution in [0.15, 0.2) is 24.3 Å². The molecule has 1 aliphatic heterocycles. The zero-order valence-electron chi connectivity index (χ0n) is 12.9. The maximum absolute atomic E-state index is 11.7. The number of hydrogen-bond acceptors (Lipinski definition) is 3. The van der Waals surface area contributed by atoms with Crippen LogP contribution in [0.1, 0.15) is 44.6 Å². The van der Waals surface area contributed by atoms with Crippen molar-refractivity contribution < 1.29 is 9.53 Å². The van der Waals surface area contributed by atoms with Crippen molar-refractivity contribution in [2.45, 2.75) is 44.4 Å². The molecule has 1 saturated heterocycles. The molecule has 0 amide bonds. The number of rotatable bonds is 6. The molecule has 21 heavy (non-hydrogen) atoms. The minimum absolute atomic E-state index is 0.174. The van der Waals surface area contributed by atoms with Crippen molar-refractivity contribution in [3.05, 3.63) is 29.8 Å². The van der Waals surface area contributed by atoms with E-state index in [-0.39, 0.29) is 5.41 Å². The minimum atomic E-state index is -0.174. The van der Waals surface area contributed by atoms with E-state index in [9.17, 15) is 4.79 Å². The molecular weight excluding hydrogens is 262 g/mol. The Balaban J connectivity index is 1.49. The Morgan fingerprint density at radius 2 is 1.81 bits per heavy atom. The van der Waals surface area contributed by atoms with E-state index in [0.29, 0.717) is 5.78 Å². The highest BCUT2D eigenvalue weighted by Gasteiger charge is 2.48. The molecule has 3 heteroatoms. The van der Waals surface area contributed by atoms with Gasteiger partial charge in [-0.15, -0.1) is 0 Å². The van der Waals surface area contributed by atoms with Crippen LogP contribution >= 0.6 is 0 Å². The number of likely N-dealkylation sites (tertiary alicyclic amines) is 1. The van der Waals surface area contributed by atoms with Gasteiger partial charge < -0.3 is 4.74 Å². The third-order valence-corrected chi connectivity index (χ3v) is 4.96. The van der Waals surface area contributed by atoms with Gasteiger partial charge in [-0.1, -0.05) is 18.6 Å². The van der Waals surface area contributed by atoms with Gasteiger partial charge in [-0.05, 0) is 63.4 Å². The Hall–Kier alpha value is -1.35. The SMILES string of the molecule is CC(=O)C1(c2ccc(OCCN3CCCCC3)cc2)CC1. The Morgan fingerprint density at radius 1 is 1.14 bits per heavy atom. The van der Waals surface area contributed by atoms with Crippen LogP contribution in [0.3, 0.4) is 0 Å². The van der Waals surface area contributed by atoms with Gasteiger partial charge in [-0.3, -0.25) is 9.69 Å². The third kappa shape index (κ3) is 3.29. The number of Topliss-reactive ketones (excluding diaryl/α,β-unsaturated/α-hetero) is 1. The van der Waals surface area contributed by atoms with E-state index in [1.165, 1.54) is 32.4 Å². The zero-order chi connectivity index (χ0) is 14.7. The van der Waals surface area contributed by atoms with Crippen LogP contribution in [-0.2, 0) is 10.2 Å². The van der Waals surface area contributed by atoms with Gasteiger partial charge in [0.15, 0.2) is 0 Å². The lowest BCUT2D eigenvalue weighted by atomic mass is 9.92. The van der Waals surface area contributed by atoms with Crippen LogP contribution in [0.4, 0.5) is 0 Å². The summed E-state index contributed by atoms with van der Waals surface area (Å²) in [5.41, 5.74) is 0.977. The molecule has 0 unspecified atom stereocenters. The predicted octanol–water partition coefficient (Wildman–Crippen LogP) is 3.17. The molecule has 1 aliphatic carbocycles. The van der Waals surface area contributed by atoms with Gasteiger partial charge in [-0.25, -0.2) is 0 Å². The predicted molar refractivity (Wildman–Crippen MR) is 83.8 cm³/mol. The number of hydrogen-bond donors (Lipinski definition) is 0. The van der Waals surface area contributed by atoms with Crippen LogP contribution in [0.2, 0.25) is 0 Å². The summed E-state index contributed by atoms with van der Waals surface area (Å²) in [7, 11) is 0. The highest BCUT2D eigenvalue weighted by molar-refractivity contribution is 5.91. The van der Waals surface area contributed by atoms with Gasteiger partial charge in [0.25, 0.3) is 0 Å². The second-order valence-corrected chi connectivity index (χ2v) is 6.41. The van der Waals surface area contributed by atoms with Gasteiger partial charge >= 0.3 is 0 Å². The van der Waals surface area contributed by atoms with E-state index in [4.69, 9.17) is 4.74 Å². The smallest absolute Gasteiger partial charge is 0.140 e. The summed E-state index contributed by atoms with van der Waals surface area (Å²) in [5, 5.41) is 0. The Morgan fingerprint density at radius 3 is 2.38 bits per heavy atom. The first-order chi connectivity index (χ1) is 10.2. The first-order valence-electron chi connectivity index (χ1n) is 8.17. The summed E-state index contributed by atoms with van der Waals surface area (Å²) in [4.78, 5) is 14.2. The van der Waals surface area contributed by atoms with E-state index in [1.807, 2.05) is 12.1 Å². The number of carbonyl (C=O) groups excluding carboxylic acids is 1. The molecule has 2 fully saturated rings. The average molecular weight is 287 g/mol. The van der Waals surface area contributed by atoms with E-state index in [2.05, 4.69) is 17.0 Å². The largest absolute Gasteiger partial charge is 0.492 e. The van der Waals surface area contributed by atoms with Crippen LogP contribution in [0.25, 0.3) is 0 Å². The molecule has 1 aromatic rings. The normalized spacial score (nSPS) is 21.0. The molecule has 1 heterocycles. The molecule has 114 valence electrons. The van der Waals surface area contributed by atoms with Crippen LogP contribution in [0, 0.1) is 0 Å². The summed E-state index contributed by atoms with van der Waals surface area (Å²) in [5.74, 6) is 1.20. The maximum atomic E-state index is 11.7. The molecule has 0 aromatic heterocycles. The molecule has 3 rings (SSSR count). The van der Waals surface area contributed by atoms with E-state index < -0.39 is 0 Å². The van der Waals surface area contributed by atoms with Crippen molar-refractivity contribution in [3.63, 3.8) is 0 Å². The molecule has 0 bridgehead atoms. The molecule has 3 nitrogen and oxygen atoms in total. The maximum Gasteiger partial charge on any atom is 0.140 e. The first kappa shape index (κ1) is 14.6. The van der Waals surface area contributed by atoms with Crippen molar-refractivity contribution in [2.24, 2.45) is 0 Å². The van der Waals surface area contributed by atoms with Gasteiger partial charge in [0.2, 0.25) is 0 Å². The lowest BCUT2D eigenvalue weighted by molar-refractivity contribution is -0.119. The second kappa shape index (κ2) is 6.18. The fourth-order valence-electron chi connectivity index (χ4n) is 3.31. The third-order valence-electron chi connectivity index (χ3n) is 4.96. The highest BCUT2D eigenvalue weighted by atomic mass is 16.5. The quantitative estimate of drug-likeness (QED) is 0.805. The van der Waals surface area contributed by atoms with Crippen molar-refractivity contribution in [3.8, 4) is 5.75 Å². The van der Waals surface area contributed by atoms with Gasteiger partial charge in [0.1, 0.15) is 18.1 Å². The lowest BCUT2D eigenvalue weighted by Crippen LogP contribution is -2.33. The molecule has 0 N–H and O–H groups in total.